The standard InChI is InChI=1S/C44H44N2/c1-3-5-13-35-19-27-41(28-20-35)45(39-15-9-7-10-16-39)43-31-23-37(24-32-43)38-25-33-44(34-26-38)46(40-17-11-8-12-18-40)42-29-21-36(22-30-42)14-6-4-2/h7-12,15-34H,3-6,13-14H2,1-2H3/i23D. The van der Waals surface area contributed by atoms with E-state index in [9.17, 15) is 0 Å². The van der Waals surface area contributed by atoms with Crippen LogP contribution in [0.15, 0.2) is 158 Å². The summed E-state index contributed by atoms with van der Waals surface area (Å²) in [5.74, 6) is 0. The van der Waals surface area contributed by atoms with Crippen LogP contribution in [-0.4, -0.2) is 0 Å². The van der Waals surface area contributed by atoms with Crippen molar-refractivity contribution in [2.24, 2.45) is 0 Å². The van der Waals surface area contributed by atoms with Gasteiger partial charge in [-0.05, 0) is 121 Å². The minimum absolute atomic E-state index is 0.498. The van der Waals surface area contributed by atoms with Gasteiger partial charge in [0.1, 0.15) is 0 Å². The summed E-state index contributed by atoms with van der Waals surface area (Å²) in [6, 6.07) is 54.1. The highest BCUT2D eigenvalue weighted by atomic mass is 15.1. The second kappa shape index (κ2) is 15.3. The fraction of sp³-hybridized carbons (Fsp3) is 0.182. The smallest absolute Gasteiger partial charge is 0.0630 e. The maximum absolute atomic E-state index is 9.12. The zero-order valence-electron chi connectivity index (χ0n) is 28.1. The molecule has 0 aromatic heterocycles. The molecular weight excluding hydrogens is 556 g/mol. The molecule has 46 heavy (non-hydrogen) atoms. The Balaban J connectivity index is 1.29. The molecule has 6 rings (SSSR count). The number of aryl methyl sites for hydroxylation is 2. The van der Waals surface area contributed by atoms with Gasteiger partial charge in [0.25, 0.3) is 0 Å². The summed E-state index contributed by atoms with van der Waals surface area (Å²) in [7, 11) is 0. The van der Waals surface area contributed by atoms with Crippen molar-refractivity contribution in [3.05, 3.63) is 169 Å². The molecule has 0 saturated heterocycles. The van der Waals surface area contributed by atoms with Crippen LogP contribution in [0.4, 0.5) is 34.1 Å². The van der Waals surface area contributed by atoms with E-state index in [0.717, 1.165) is 58.1 Å². The Labute approximate surface area is 277 Å². The van der Waals surface area contributed by atoms with E-state index in [1.54, 1.807) is 0 Å². The molecule has 0 saturated carbocycles. The molecule has 0 atom stereocenters. The molecule has 0 heterocycles. The van der Waals surface area contributed by atoms with E-state index in [-0.39, 0.29) is 0 Å². The van der Waals surface area contributed by atoms with Crippen LogP contribution in [0.25, 0.3) is 11.1 Å². The molecule has 230 valence electrons. The summed E-state index contributed by atoms with van der Waals surface area (Å²) in [4.78, 5) is 4.53. The zero-order valence-corrected chi connectivity index (χ0v) is 27.1. The summed E-state index contributed by atoms with van der Waals surface area (Å²) in [6.07, 6.45) is 7.00. The van der Waals surface area contributed by atoms with Crippen LogP contribution in [0.2, 0.25) is 0 Å². The minimum Gasteiger partial charge on any atom is -0.311 e. The largest absolute Gasteiger partial charge is 0.311 e. The van der Waals surface area contributed by atoms with Crippen LogP contribution in [0, 0.1) is 0 Å². The van der Waals surface area contributed by atoms with Gasteiger partial charge in [-0.25, -0.2) is 0 Å². The Bertz CT molecular complexity index is 1830. The van der Waals surface area contributed by atoms with Gasteiger partial charge in [-0.2, -0.15) is 0 Å². The maximum atomic E-state index is 9.12. The Morgan fingerprint density at radius 2 is 0.739 bits per heavy atom. The van der Waals surface area contributed by atoms with Crippen LogP contribution >= 0.6 is 0 Å². The van der Waals surface area contributed by atoms with Gasteiger partial charge in [0, 0.05) is 34.1 Å². The number of hydrogen-bond donors (Lipinski definition) is 0. The van der Waals surface area contributed by atoms with E-state index in [1.807, 2.05) is 12.1 Å². The van der Waals surface area contributed by atoms with E-state index < -0.39 is 0 Å². The quantitative estimate of drug-likeness (QED) is 0.130. The first-order valence-corrected chi connectivity index (χ1v) is 16.7. The highest BCUT2D eigenvalue weighted by molar-refractivity contribution is 5.80. The first-order chi connectivity index (χ1) is 23.1. The molecular formula is C44H44N2. The van der Waals surface area contributed by atoms with E-state index in [4.69, 9.17) is 1.37 Å². The molecule has 0 bridgehead atoms. The predicted octanol–water partition coefficient (Wildman–Crippen LogP) is 13.0. The average Bonchev–Trinajstić information content (AvgIpc) is 3.12. The summed E-state index contributed by atoms with van der Waals surface area (Å²) in [5, 5.41) is 0. The summed E-state index contributed by atoms with van der Waals surface area (Å²) in [6.45, 7) is 4.47. The molecule has 0 spiro atoms. The molecule has 0 aliphatic heterocycles. The maximum Gasteiger partial charge on any atom is 0.0630 e. The number of para-hydroxylation sites is 2. The fourth-order valence-corrected chi connectivity index (χ4v) is 5.96. The van der Waals surface area contributed by atoms with E-state index in [0.29, 0.717) is 6.04 Å². The number of unbranched alkanes of at least 4 members (excludes halogenated alkanes) is 2. The Hall–Kier alpha value is -5.08. The molecule has 0 unspecified atom stereocenters. The second-order valence-corrected chi connectivity index (χ2v) is 11.9. The van der Waals surface area contributed by atoms with Crippen LogP contribution in [0.5, 0.6) is 0 Å². The van der Waals surface area contributed by atoms with Gasteiger partial charge in [0.2, 0.25) is 0 Å². The molecule has 0 fully saturated rings. The zero-order chi connectivity index (χ0) is 32.4. The molecule has 2 nitrogen and oxygen atoms in total. The summed E-state index contributed by atoms with van der Waals surface area (Å²) in [5.41, 5.74) is 11.1. The van der Waals surface area contributed by atoms with Gasteiger partial charge in [0.15, 0.2) is 0 Å². The number of benzene rings is 6. The van der Waals surface area contributed by atoms with Crippen LogP contribution in [0.3, 0.4) is 0 Å². The van der Waals surface area contributed by atoms with Gasteiger partial charge < -0.3 is 9.80 Å². The second-order valence-electron chi connectivity index (χ2n) is 11.9. The van der Waals surface area contributed by atoms with Crippen LogP contribution in [0.1, 0.15) is 52.0 Å². The van der Waals surface area contributed by atoms with Gasteiger partial charge in [-0.15, -0.1) is 0 Å². The fourth-order valence-electron chi connectivity index (χ4n) is 5.96. The Kier molecular flexibility index (Phi) is 9.84. The lowest BCUT2D eigenvalue weighted by molar-refractivity contribution is 0.795. The number of nitrogens with zero attached hydrogens (tertiary/aromatic N) is 2. The number of hydrogen-bond acceptors (Lipinski definition) is 2. The third-order valence-electron chi connectivity index (χ3n) is 8.55. The minimum atomic E-state index is 0.498. The van der Waals surface area contributed by atoms with Crippen molar-refractivity contribution < 1.29 is 1.37 Å². The molecule has 0 aliphatic carbocycles. The van der Waals surface area contributed by atoms with Crippen molar-refractivity contribution in [1.29, 1.82) is 0 Å². The lowest BCUT2D eigenvalue weighted by Gasteiger charge is -2.26. The van der Waals surface area contributed by atoms with Crippen LogP contribution in [-0.2, 0) is 12.8 Å². The first-order valence-electron chi connectivity index (χ1n) is 17.2. The molecule has 6 aromatic carbocycles. The van der Waals surface area contributed by atoms with E-state index in [2.05, 4.69) is 163 Å². The van der Waals surface area contributed by atoms with Gasteiger partial charge in [-0.3, -0.25) is 0 Å². The third-order valence-corrected chi connectivity index (χ3v) is 8.55. The van der Waals surface area contributed by atoms with E-state index in [1.165, 1.54) is 36.8 Å². The van der Waals surface area contributed by atoms with Gasteiger partial charge in [-0.1, -0.05) is 112 Å². The van der Waals surface area contributed by atoms with Gasteiger partial charge in [0.05, 0.1) is 1.37 Å². The summed E-state index contributed by atoms with van der Waals surface area (Å²) >= 11 is 0. The topological polar surface area (TPSA) is 6.48 Å². The van der Waals surface area contributed by atoms with Crippen molar-refractivity contribution in [3.8, 4) is 11.1 Å². The molecule has 2 heteroatoms. The molecule has 6 aromatic rings. The van der Waals surface area contributed by atoms with Crippen molar-refractivity contribution in [2.75, 3.05) is 9.80 Å². The van der Waals surface area contributed by atoms with Gasteiger partial charge >= 0.3 is 0 Å². The Morgan fingerprint density at radius 1 is 0.391 bits per heavy atom. The molecule has 0 amide bonds. The SMILES string of the molecule is [2H]c1cc(N(c2ccccc2)c2ccc(CCCC)cc2)ccc1-c1ccc(N(c2ccccc2)c2ccc(CCCC)cc2)cc1. The lowest BCUT2D eigenvalue weighted by atomic mass is 10.0. The molecule has 0 radical (unpaired) electrons. The van der Waals surface area contributed by atoms with Crippen molar-refractivity contribution in [2.45, 2.75) is 52.4 Å². The van der Waals surface area contributed by atoms with E-state index >= 15 is 0 Å². The summed E-state index contributed by atoms with van der Waals surface area (Å²) < 4.78 is 9.12. The predicted molar refractivity (Wildman–Crippen MR) is 198 cm³/mol. The number of anilines is 6. The Morgan fingerprint density at radius 3 is 1.13 bits per heavy atom. The lowest BCUT2D eigenvalue weighted by Crippen LogP contribution is -2.10. The monoisotopic (exact) mass is 601 g/mol. The van der Waals surface area contributed by atoms with Crippen LogP contribution < -0.4 is 9.80 Å². The number of rotatable bonds is 13. The highest BCUT2D eigenvalue weighted by Crippen LogP contribution is 2.38. The van der Waals surface area contributed by atoms with Crippen molar-refractivity contribution in [3.63, 3.8) is 0 Å². The molecule has 0 N–H and O–H groups in total. The van der Waals surface area contributed by atoms with Crippen molar-refractivity contribution >= 4 is 34.1 Å². The highest BCUT2D eigenvalue weighted by Gasteiger charge is 2.14. The third kappa shape index (κ3) is 7.41. The molecule has 0 aliphatic rings. The first kappa shape index (κ1) is 29.6. The normalized spacial score (nSPS) is 11.2. The van der Waals surface area contributed by atoms with Crippen molar-refractivity contribution in [1.82, 2.24) is 0 Å². The average molecular weight is 602 g/mol.